The molecule has 0 saturated carbocycles. The first-order valence-electron chi connectivity index (χ1n) is 8.49. The average Bonchev–Trinajstić information content (AvgIpc) is 3.06. The predicted molar refractivity (Wildman–Crippen MR) is 99.8 cm³/mol. The van der Waals surface area contributed by atoms with Gasteiger partial charge in [-0.05, 0) is 43.2 Å². The van der Waals surface area contributed by atoms with Crippen LogP contribution in [0.5, 0.6) is 11.5 Å². The van der Waals surface area contributed by atoms with E-state index in [0.29, 0.717) is 17.2 Å². The second-order valence-electron chi connectivity index (χ2n) is 6.32. The molecule has 0 atom stereocenters. The van der Waals surface area contributed by atoms with Crippen molar-refractivity contribution in [3.05, 3.63) is 47.5 Å². The fraction of sp³-hybridized carbons (Fsp3) is 0.300. The number of nitrogens with one attached hydrogen (secondary N) is 1. The number of hydrogen-bond donors (Lipinski definition) is 1. The molecule has 1 aliphatic rings. The van der Waals surface area contributed by atoms with E-state index in [1.807, 2.05) is 32.0 Å². The highest BCUT2D eigenvalue weighted by molar-refractivity contribution is 5.95. The summed E-state index contributed by atoms with van der Waals surface area (Å²) < 4.78 is 10.6. The lowest BCUT2D eigenvalue weighted by Gasteiger charge is -2.21. The molecule has 2 aromatic carbocycles. The van der Waals surface area contributed by atoms with Crippen molar-refractivity contribution in [3.8, 4) is 11.5 Å². The third-order valence-corrected chi connectivity index (χ3v) is 4.28. The molecule has 0 spiro atoms. The number of carbonyl (C=O) groups excluding carboxylic acids is 2. The first-order valence-corrected chi connectivity index (χ1v) is 8.49. The first kappa shape index (κ1) is 17.8. The van der Waals surface area contributed by atoms with E-state index in [9.17, 15) is 9.59 Å². The number of aryl methyl sites for hydroxylation is 2. The summed E-state index contributed by atoms with van der Waals surface area (Å²) in [5, 5.41) is 2.92. The Balaban J connectivity index is 1.66. The van der Waals surface area contributed by atoms with Crippen LogP contribution < -0.4 is 19.7 Å². The number of rotatable bonds is 5. The number of anilines is 2. The molecule has 1 heterocycles. The van der Waals surface area contributed by atoms with Crippen molar-refractivity contribution < 1.29 is 19.1 Å². The summed E-state index contributed by atoms with van der Waals surface area (Å²) in [6.45, 7) is 5.87. The summed E-state index contributed by atoms with van der Waals surface area (Å²) in [6, 6.07) is 11.2. The summed E-state index contributed by atoms with van der Waals surface area (Å²) in [5.74, 6) is 0.993. The Hall–Kier alpha value is -3.02. The van der Waals surface area contributed by atoms with Gasteiger partial charge in [0.2, 0.25) is 18.6 Å². The third-order valence-electron chi connectivity index (χ3n) is 4.28. The van der Waals surface area contributed by atoms with Gasteiger partial charge in [-0.15, -0.1) is 0 Å². The second-order valence-corrected chi connectivity index (χ2v) is 6.32. The molecule has 3 rings (SSSR count). The standard InChI is InChI=1S/C20H22N2O4/c1-13-4-5-14(2)17(10-13)21-20(24)8-9-22(15(3)23)16-6-7-18-19(11-16)26-12-25-18/h4-7,10-11H,8-9,12H2,1-3H3,(H,21,24). The maximum Gasteiger partial charge on any atom is 0.231 e. The molecular weight excluding hydrogens is 332 g/mol. The van der Waals surface area contributed by atoms with Crippen molar-refractivity contribution in [1.29, 1.82) is 0 Å². The molecule has 2 amide bonds. The van der Waals surface area contributed by atoms with Crippen molar-refractivity contribution in [2.24, 2.45) is 0 Å². The van der Waals surface area contributed by atoms with Crippen molar-refractivity contribution in [1.82, 2.24) is 0 Å². The Kier molecular flexibility index (Phi) is 5.11. The Morgan fingerprint density at radius 1 is 1.08 bits per heavy atom. The number of carbonyl (C=O) groups is 2. The molecule has 0 bridgehead atoms. The molecule has 0 aromatic heterocycles. The predicted octanol–water partition coefficient (Wildman–Crippen LogP) is 3.41. The van der Waals surface area contributed by atoms with Crippen molar-refractivity contribution in [2.45, 2.75) is 27.2 Å². The van der Waals surface area contributed by atoms with E-state index in [2.05, 4.69) is 5.32 Å². The summed E-state index contributed by atoms with van der Waals surface area (Å²) in [6.07, 6.45) is 0.196. The molecule has 0 aliphatic carbocycles. The number of ether oxygens (including phenoxy) is 2. The molecule has 136 valence electrons. The van der Waals surface area contributed by atoms with Gasteiger partial charge in [0.15, 0.2) is 11.5 Å². The third kappa shape index (κ3) is 3.96. The first-order chi connectivity index (χ1) is 12.4. The number of fused-ring (bicyclic) bond motifs is 1. The number of nitrogens with zero attached hydrogens (tertiary/aromatic N) is 1. The van der Waals surface area contributed by atoms with Crippen molar-refractivity contribution in [3.63, 3.8) is 0 Å². The summed E-state index contributed by atoms with van der Waals surface area (Å²) in [7, 11) is 0. The van der Waals surface area contributed by atoms with Crippen molar-refractivity contribution in [2.75, 3.05) is 23.6 Å². The highest BCUT2D eigenvalue weighted by atomic mass is 16.7. The van der Waals surface area contributed by atoms with Crippen LogP contribution in [-0.2, 0) is 9.59 Å². The van der Waals surface area contributed by atoms with Crippen LogP contribution in [0.2, 0.25) is 0 Å². The minimum Gasteiger partial charge on any atom is -0.454 e. The van der Waals surface area contributed by atoms with E-state index >= 15 is 0 Å². The maximum atomic E-state index is 12.3. The van der Waals surface area contributed by atoms with Crippen LogP contribution in [0.3, 0.4) is 0 Å². The van der Waals surface area contributed by atoms with Crippen LogP contribution in [-0.4, -0.2) is 25.2 Å². The van der Waals surface area contributed by atoms with Crippen LogP contribution in [0.1, 0.15) is 24.5 Å². The number of hydrogen-bond acceptors (Lipinski definition) is 4. The SMILES string of the molecule is CC(=O)N(CCC(=O)Nc1cc(C)ccc1C)c1ccc2c(c1)OCO2. The van der Waals surface area contributed by atoms with Crippen LogP contribution in [0.4, 0.5) is 11.4 Å². The monoisotopic (exact) mass is 354 g/mol. The normalized spacial score (nSPS) is 12.0. The van der Waals surface area contributed by atoms with Gasteiger partial charge in [-0.3, -0.25) is 9.59 Å². The molecule has 0 fully saturated rings. The van der Waals surface area contributed by atoms with Gasteiger partial charge >= 0.3 is 0 Å². The Bertz CT molecular complexity index is 848. The van der Waals surface area contributed by atoms with E-state index in [0.717, 1.165) is 16.8 Å². The lowest BCUT2D eigenvalue weighted by atomic mass is 10.1. The zero-order valence-corrected chi connectivity index (χ0v) is 15.2. The molecule has 0 unspecified atom stereocenters. The van der Waals surface area contributed by atoms with Crippen LogP contribution in [0, 0.1) is 13.8 Å². The highest BCUT2D eigenvalue weighted by Crippen LogP contribution is 2.35. The number of benzene rings is 2. The zero-order valence-electron chi connectivity index (χ0n) is 15.2. The Morgan fingerprint density at radius 2 is 1.85 bits per heavy atom. The van der Waals surface area contributed by atoms with Crippen LogP contribution >= 0.6 is 0 Å². The second kappa shape index (κ2) is 7.47. The summed E-state index contributed by atoms with van der Waals surface area (Å²) >= 11 is 0. The van der Waals surface area contributed by atoms with Gasteiger partial charge in [0, 0.05) is 37.3 Å². The summed E-state index contributed by atoms with van der Waals surface area (Å²) in [4.78, 5) is 25.9. The van der Waals surface area contributed by atoms with E-state index in [1.54, 1.807) is 23.1 Å². The minimum atomic E-state index is -0.136. The fourth-order valence-corrected chi connectivity index (χ4v) is 2.82. The Morgan fingerprint density at radius 3 is 2.62 bits per heavy atom. The molecule has 1 aliphatic heterocycles. The van der Waals surface area contributed by atoms with Gasteiger partial charge in [-0.25, -0.2) is 0 Å². The van der Waals surface area contributed by atoms with Crippen LogP contribution in [0.15, 0.2) is 36.4 Å². The number of amides is 2. The quantitative estimate of drug-likeness (QED) is 0.893. The lowest BCUT2D eigenvalue weighted by Crippen LogP contribution is -2.32. The van der Waals surface area contributed by atoms with Crippen LogP contribution in [0.25, 0.3) is 0 Å². The zero-order chi connectivity index (χ0) is 18.7. The molecule has 6 heteroatoms. The van der Waals surface area contributed by atoms with Gasteiger partial charge in [-0.2, -0.15) is 0 Å². The average molecular weight is 354 g/mol. The highest BCUT2D eigenvalue weighted by Gasteiger charge is 2.19. The molecule has 0 saturated heterocycles. The minimum absolute atomic E-state index is 0.134. The van der Waals surface area contributed by atoms with Gasteiger partial charge in [-0.1, -0.05) is 12.1 Å². The van der Waals surface area contributed by atoms with Gasteiger partial charge < -0.3 is 19.7 Å². The smallest absolute Gasteiger partial charge is 0.231 e. The Labute approximate surface area is 152 Å². The van der Waals surface area contributed by atoms with Gasteiger partial charge in [0.05, 0.1) is 0 Å². The van der Waals surface area contributed by atoms with Gasteiger partial charge in [0.1, 0.15) is 0 Å². The van der Waals surface area contributed by atoms with Gasteiger partial charge in [0.25, 0.3) is 0 Å². The maximum absolute atomic E-state index is 12.3. The van der Waals surface area contributed by atoms with E-state index in [1.165, 1.54) is 6.92 Å². The topological polar surface area (TPSA) is 67.9 Å². The molecule has 6 nitrogen and oxygen atoms in total. The molecular formula is C20H22N2O4. The van der Waals surface area contributed by atoms with Crippen molar-refractivity contribution >= 4 is 23.2 Å². The fourth-order valence-electron chi connectivity index (χ4n) is 2.82. The molecule has 26 heavy (non-hydrogen) atoms. The molecule has 2 aromatic rings. The molecule has 0 radical (unpaired) electrons. The lowest BCUT2D eigenvalue weighted by molar-refractivity contribution is -0.117. The van der Waals surface area contributed by atoms with E-state index in [-0.39, 0.29) is 31.6 Å². The largest absolute Gasteiger partial charge is 0.454 e. The summed E-state index contributed by atoms with van der Waals surface area (Å²) in [5.41, 5.74) is 3.56. The molecule has 1 N–H and O–H groups in total. The van der Waals surface area contributed by atoms with E-state index < -0.39 is 0 Å². The van der Waals surface area contributed by atoms with E-state index in [4.69, 9.17) is 9.47 Å².